The fourth-order valence-electron chi connectivity index (χ4n) is 3.13. The number of nitrogens with one attached hydrogen (secondary N) is 2. The van der Waals surface area contributed by atoms with E-state index in [0.29, 0.717) is 12.1 Å². The van der Waals surface area contributed by atoms with Crippen LogP contribution in [0.4, 0.5) is 0 Å². The zero-order chi connectivity index (χ0) is 12.4. The average Bonchev–Trinajstić information content (AvgIpc) is 3.10. The first-order valence-corrected chi connectivity index (χ1v) is 6.84. The van der Waals surface area contributed by atoms with Gasteiger partial charge in [0.1, 0.15) is 0 Å². The first-order valence-electron chi connectivity index (χ1n) is 6.84. The number of carbonyl (C=O) groups is 1. The molecular formula is C13H20N4O. The second-order valence-electron chi connectivity index (χ2n) is 5.30. The molecule has 0 spiro atoms. The number of fused-ring (bicyclic) bond motifs is 2. The van der Waals surface area contributed by atoms with E-state index < -0.39 is 0 Å². The molecule has 1 aromatic heterocycles. The van der Waals surface area contributed by atoms with Crippen molar-refractivity contribution in [2.24, 2.45) is 5.92 Å². The molecule has 2 aliphatic heterocycles. The molecule has 0 radical (unpaired) electrons. The Morgan fingerprint density at radius 1 is 1.50 bits per heavy atom. The minimum absolute atomic E-state index is 0.202. The van der Waals surface area contributed by atoms with Crippen LogP contribution in [-0.4, -0.2) is 34.3 Å². The van der Waals surface area contributed by atoms with Gasteiger partial charge in [0.05, 0.1) is 5.92 Å². The first kappa shape index (κ1) is 11.7. The van der Waals surface area contributed by atoms with Gasteiger partial charge in [0.15, 0.2) is 0 Å². The monoisotopic (exact) mass is 248 g/mol. The SMILES string of the molecule is O=C(NCCCn1cccn1)C1CC2CCC1N2. The molecule has 0 saturated carbocycles. The van der Waals surface area contributed by atoms with Crippen molar-refractivity contribution in [1.82, 2.24) is 20.4 Å². The van der Waals surface area contributed by atoms with Crippen molar-refractivity contribution in [2.75, 3.05) is 6.54 Å². The molecule has 5 heteroatoms. The van der Waals surface area contributed by atoms with Crippen molar-refractivity contribution >= 4 is 5.91 Å². The smallest absolute Gasteiger partial charge is 0.224 e. The molecule has 0 aliphatic carbocycles. The van der Waals surface area contributed by atoms with Gasteiger partial charge in [-0.1, -0.05) is 0 Å². The molecule has 2 bridgehead atoms. The second kappa shape index (κ2) is 5.10. The number of aromatic nitrogens is 2. The highest BCUT2D eigenvalue weighted by Gasteiger charge is 2.42. The minimum Gasteiger partial charge on any atom is -0.356 e. The molecule has 0 aromatic carbocycles. The Bertz CT molecular complexity index is 403. The van der Waals surface area contributed by atoms with Gasteiger partial charge < -0.3 is 10.6 Å². The van der Waals surface area contributed by atoms with Crippen LogP contribution in [0.3, 0.4) is 0 Å². The quantitative estimate of drug-likeness (QED) is 0.747. The van der Waals surface area contributed by atoms with Gasteiger partial charge in [-0.25, -0.2) is 0 Å². The molecule has 3 heterocycles. The molecule has 1 amide bonds. The van der Waals surface area contributed by atoms with E-state index in [2.05, 4.69) is 15.7 Å². The molecule has 2 saturated heterocycles. The van der Waals surface area contributed by atoms with E-state index >= 15 is 0 Å². The van der Waals surface area contributed by atoms with Crippen LogP contribution >= 0.6 is 0 Å². The molecule has 2 aliphatic rings. The summed E-state index contributed by atoms with van der Waals surface area (Å²) >= 11 is 0. The van der Waals surface area contributed by atoms with Crippen LogP contribution in [0.15, 0.2) is 18.5 Å². The molecular weight excluding hydrogens is 228 g/mol. The molecule has 18 heavy (non-hydrogen) atoms. The molecule has 3 atom stereocenters. The highest BCUT2D eigenvalue weighted by molar-refractivity contribution is 5.80. The molecule has 3 unspecified atom stereocenters. The van der Waals surface area contributed by atoms with Gasteiger partial charge in [-0.15, -0.1) is 0 Å². The van der Waals surface area contributed by atoms with Gasteiger partial charge in [0, 0.05) is 37.6 Å². The van der Waals surface area contributed by atoms with E-state index in [9.17, 15) is 4.79 Å². The van der Waals surface area contributed by atoms with Gasteiger partial charge in [0.25, 0.3) is 0 Å². The number of nitrogens with zero attached hydrogens (tertiary/aromatic N) is 2. The van der Waals surface area contributed by atoms with E-state index in [1.165, 1.54) is 6.42 Å². The summed E-state index contributed by atoms with van der Waals surface area (Å²) in [4.78, 5) is 12.0. The maximum Gasteiger partial charge on any atom is 0.224 e. The highest BCUT2D eigenvalue weighted by Crippen LogP contribution is 2.33. The lowest BCUT2D eigenvalue weighted by molar-refractivity contribution is -0.125. The maximum atomic E-state index is 12.0. The van der Waals surface area contributed by atoms with Gasteiger partial charge in [-0.2, -0.15) is 5.10 Å². The fourth-order valence-corrected chi connectivity index (χ4v) is 3.13. The van der Waals surface area contributed by atoms with E-state index in [1.54, 1.807) is 6.20 Å². The standard InChI is InChI=1S/C13H20N4O/c18-13(11-9-10-3-4-12(11)16-10)14-5-1-7-17-8-2-6-15-17/h2,6,8,10-12,16H,1,3-5,7,9H2,(H,14,18). The Balaban J connectivity index is 1.37. The van der Waals surface area contributed by atoms with Crippen LogP contribution in [0.1, 0.15) is 25.7 Å². The van der Waals surface area contributed by atoms with Crippen molar-refractivity contribution in [3.8, 4) is 0 Å². The number of hydrogen-bond donors (Lipinski definition) is 2. The summed E-state index contributed by atoms with van der Waals surface area (Å²) in [5.41, 5.74) is 0. The van der Waals surface area contributed by atoms with Crippen LogP contribution in [0.25, 0.3) is 0 Å². The summed E-state index contributed by atoms with van der Waals surface area (Å²) < 4.78 is 1.89. The Kier molecular flexibility index (Phi) is 3.32. The molecule has 2 N–H and O–H groups in total. The summed E-state index contributed by atoms with van der Waals surface area (Å²) in [6.45, 7) is 1.61. The van der Waals surface area contributed by atoms with Crippen LogP contribution in [0, 0.1) is 5.92 Å². The lowest BCUT2D eigenvalue weighted by Crippen LogP contribution is -2.38. The Labute approximate surface area is 107 Å². The minimum atomic E-state index is 0.202. The largest absolute Gasteiger partial charge is 0.356 e. The zero-order valence-corrected chi connectivity index (χ0v) is 10.5. The normalized spacial score (nSPS) is 29.7. The third kappa shape index (κ3) is 2.41. The molecule has 5 nitrogen and oxygen atoms in total. The predicted molar refractivity (Wildman–Crippen MR) is 67.9 cm³/mol. The van der Waals surface area contributed by atoms with Gasteiger partial charge in [-0.3, -0.25) is 9.48 Å². The summed E-state index contributed by atoms with van der Waals surface area (Å²) in [5.74, 6) is 0.434. The Morgan fingerprint density at radius 2 is 2.44 bits per heavy atom. The first-order chi connectivity index (χ1) is 8.83. The number of amides is 1. The van der Waals surface area contributed by atoms with Crippen molar-refractivity contribution in [3.63, 3.8) is 0 Å². The molecule has 3 rings (SSSR count). The molecule has 98 valence electrons. The van der Waals surface area contributed by atoms with E-state index in [4.69, 9.17) is 0 Å². The maximum absolute atomic E-state index is 12.0. The average molecular weight is 248 g/mol. The topological polar surface area (TPSA) is 59.0 Å². The lowest BCUT2D eigenvalue weighted by Gasteiger charge is -2.19. The third-order valence-electron chi connectivity index (χ3n) is 4.06. The van der Waals surface area contributed by atoms with Crippen molar-refractivity contribution in [1.29, 1.82) is 0 Å². The van der Waals surface area contributed by atoms with Gasteiger partial charge in [-0.05, 0) is 31.7 Å². The van der Waals surface area contributed by atoms with Gasteiger partial charge in [0.2, 0.25) is 5.91 Å². The zero-order valence-electron chi connectivity index (χ0n) is 10.5. The van der Waals surface area contributed by atoms with Gasteiger partial charge >= 0.3 is 0 Å². The number of rotatable bonds is 5. The van der Waals surface area contributed by atoms with Crippen LogP contribution in [-0.2, 0) is 11.3 Å². The lowest BCUT2D eigenvalue weighted by atomic mass is 9.88. The van der Waals surface area contributed by atoms with Crippen molar-refractivity contribution in [2.45, 2.75) is 44.3 Å². The summed E-state index contributed by atoms with van der Waals surface area (Å²) in [6, 6.07) is 2.94. The van der Waals surface area contributed by atoms with E-state index in [-0.39, 0.29) is 11.8 Å². The molecule has 1 aromatic rings. The number of hydrogen-bond acceptors (Lipinski definition) is 3. The van der Waals surface area contributed by atoms with Crippen LogP contribution in [0.5, 0.6) is 0 Å². The second-order valence-corrected chi connectivity index (χ2v) is 5.30. The summed E-state index contributed by atoms with van der Waals surface area (Å²) in [7, 11) is 0. The predicted octanol–water partition coefficient (Wildman–Crippen LogP) is 0.530. The van der Waals surface area contributed by atoms with Crippen LogP contribution < -0.4 is 10.6 Å². The van der Waals surface area contributed by atoms with Crippen LogP contribution in [0.2, 0.25) is 0 Å². The summed E-state index contributed by atoms with van der Waals surface area (Å²) in [5, 5.41) is 10.7. The van der Waals surface area contributed by atoms with E-state index in [0.717, 1.165) is 32.4 Å². The summed E-state index contributed by atoms with van der Waals surface area (Å²) in [6.07, 6.45) is 8.09. The van der Waals surface area contributed by atoms with Crippen molar-refractivity contribution in [3.05, 3.63) is 18.5 Å². The molecule has 2 fully saturated rings. The fraction of sp³-hybridized carbons (Fsp3) is 0.692. The number of aryl methyl sites for hydroxylation is 1. The number of carbonyl (C=O) groups excluding carboxylic acids is 1. The van der Waals surface area contributed by atoms with E-state index in [1.807, 2.05) is 16.9 Å². The Morgan fingerprint density at radius 3 is 3.11 bits per heavy atom. The highest BCUT2D eigenvalue weighted by atomic mass is 16.1. The Hall–Kier alpha value is -1.36. The third-order valence-corrected chi connectivity index (χ3v) is 4.06. The van der Waals surface area contributed by atoms with Crippen molar-refractivity contribution < 1.29 is 4.79 Å².